The lowest BCUT2D eigenvalue weighted by Gasteiger charge is -2.01. The normalized spacial score (nSPS) is 9.83. The smallest absolute Gasteiger partial charge is 0.305 e. The van der Waals surface area contributed by atoms with Crippen LogP contribution >= 0.6 is 0 Å². The topological polar surface area (TPSA) is 26.3 Å². The SMILES string of the molecule is CCC(=O)OCCCCCCF. The van der Waals surface area contributed by atoms with E-state index in [1.54, 1.807) is 6.92 Å². The van der Waals surface area contributed by atoms with Crippen LogP contribution < -0.4 is 0 Å². The van der Waals surface area contributed by atoms with Gasteiger partial charge >= 0.3 is 5.97 Å². The van der Waals surface area contributed by atoms with Crippen LogP contribution in [0.15, 0.2) is 0 Å². The van der Waals surface area contributed by atoms with Gasteiger partial charge in [-0.05, 0) is 19.3 Å². The standard InChI is InChI=1S/C9H17FO2/c1-2-9(11)12-8-6-4-3-5-7-10/h2-8H2,1H3. The van der Waals surface area contributed by atoms with Crippen LogP contribution in [0.2, 0.25) is 0 Å². The largest absolute Gasteiger partial charge is 0.466 e. The van der Waals surface area contributed by atoms with Crippen molar-refractivity contribution in [2.24, 2.45) is 0 Å². The van der Waals surface area contributed by atoms with Crippen molar-refractivity contribution in [2.45, 2.75) is 39.0 Å². The minimum atomic E-state index is -0.241. The Labute approximate surface area is 73.1 Å². The van der Waals surface area contributed by atoms with Gasteiger partial charge in [-0.2, -0.15) is 0 Å². The quantitative estimate of drug-likeness (QED) is 0.440. The van der Waals surface area contributed by atoms with Crippen LogP contribution in [-0.2, 0) is 9.53 Å². The van der Waals surface area contributed by atoms with Gasteiger partial charge in [0.05, 0.1) is 13.3 Å². The van der Waals surface area contributed by atoms with E-state index >= 15 is 0 Å². The van der Waals surface area contributed by atoms with E-state index in [4.69, 9.17) is 4.74 Å². The van der Waals surface area contributed by atoms with Crippen molar-refractivity contribution in [3.8, 4) is 0 Å². The second kappa shape index (κ2) is 8.50. The van der Waals surface area contributed by atoms with E-state index in [9.17, 15) is 9.18 Å². The maximum absolute atomic E-state index is 11.6. The fourth-order valence-electron chi connectivity index (χ4n) is 0.838. The molecule has 0 fully saturated rings. The number of esters is 1. The molecule has 0 saturated heterocycles. The van der Waals surface area contributed by atoms with Crippen LogP contribution in [0.5, 0.6) is 0 Å². The maximum atomic E-state index is 11.6. The summed E-state index contributed by atoms with van der Waals surface area (Å²) in [6, 6.07) is 0. The highest BCUT2D eigenvalue weighted by atomic mass is 19.1. The predicted molar refractivity (Wildman–Crippen MR) is 45.7 cm³/mol. The molecule has 0 spiro atoms. The van der Waals surface area contributed by atoms with Crippen LogP contribution in [0.1, 0.15) is 39.0 Å². The lowest BCUT2D eigenvalue weighted by Crippen LogP contribution is -2.03. The molecule has 0 unspecified atom stereocenters. The van der Waals surface area contributed by atoms with E-state index in [0.717, 1.165) is 19.3 Å². The van der Waals surface area contributed by atoms with Gasteiger partial charge < -0.3 is 4.74 Å². The van der Waals surface area contributed by atoms with Crippen molar-refractivity contribution in [3.05, 3.63) is 0 Å². The molecule has 0 rings (SSSR count). The van der Waals surface area contributed by atoms with E-state index in [1.165, 1.54) is 0 Å². The summed E-state index contributed by atoms with van der Waals surface area (Å²) in [4.78, 5) is 10.6. The Bertz CT molecular complexity index is 115. The molecule has 0 aromatic carbocycles. The summed E-state index contributed by atoms with van der Waals surface area (Å²) in [7, 11) is 0. The summed E-state index contributed by atoms with van der Waals surface area (Å²) in [5.41, 5.74) is 0. The van der Waals surface area contributed by atoms with Crippen molar-refractivity contribution in [2.75, 3.05) is 13.3 Å². The number of hydrogen-bond donors (Lipinski definition) is 0. The van der Waals surface area contributed by atoms with Crippen molar-refractivity contribution in [3.63, 3.8) is 0 Å². The maximum Gasteiger partial charge on any atom is 0.305 e. The number of unbranched alkanes of at least 4 members (excludes halogenated alkanes) is 3. The second-order valence-corrected chi connectivity index (χ2v) is 2.68. The van der Waals surface area contributed by atoms with Gasteiger partial charge in [-0.1, -0.05) is 13.3 Å². The van der Waals surface area contributed by atoms with E-state index in [2.05, 4.69) is 0 Å². The Balaban J connectivity index is 2.95. The first-order chi connectivity index (χ1) is 5.81. The first kappa shape index (κ1) is 11.4. The molecule has 3 heteroatoms. The Morgan fingerprint density at radius 1 is 1.25 bits per heavy atom. The first-order valence-corrected chi connectivity index (χ1v) is 4.52. The van der Waals surface area contributed by atoms with E-state index in [0.29, 0.717) is 19.4 Å². The number of alkyl halides is 1. The molecule has 0 aliphatic heterocycles. The number of halogens is 1. The van der Waals surface area contributed by atoms with Gasteiger partial charge in [-0.3, -0.25) is 9.18 Å². The molecule has 0 saturated carbocycles. The summed E-state index contributed by atoms with van der Waals surface area (Å²) in [5.74, 6) is -0.152. The molecule has 0 bridgehead atoms. The molecule has 0 atom stereocenters. The number of hydrogen-bond acceptors (Lipinski definition) is 2. The zero-order valence-corrected chi connectivity index (χ0v) is 7.64. The highest BCUT2D eigenvalue weighted by Gasteiger charge is 1.96. The molecular formula is C9H17FO2. The average Bonchev–Trinajstić information content (AvgIpc) is 2.10. The van der Waals surface area contributed by atoms with Crippen molar-refractivity contribution in [1.82, 2.24) is 0 Å². The Morgan fingerprint density at radius 2 is 1.92 bits per heavy atom. The second-order valence-electron chi connectivity index (χ2n) is 2.68. The molecule has 0 radical (unpaired) electrons. The molecule has 0 aromatic heterocycles. The molecule has 72 valence electrons. The minimum Gasteiger partial charge on any atom is -0.466 e. The zero-order chi connectivity index (χ0) is 9.23. The molecule has 0 N–H and O–H groups in total. The molecule has 0 aliphatic carbocycles. The molecule has 0 heterocycles. The number of rotatable bonds is 7. The first-order valence-electron chi connectivity index (χ1n) is 4.52. The lowest BCUT2D eigenvalue weighted by molar-refractivity contribution is -0.143. The molecule has 0 amide bonds. The van der Waals surface area contributed by atoms with Crippen LogP contribution in [0.25, 0.3) is 0 Å². The zero-order valence-electron chi connectivity index (χ0n) is 7.64. The third-order valence-electron chi connectivity index (χ3n) is 1.58. The van der Waals surface area contributed by atoms with Gasteiger partial charge in [0.1, 0.15) is 0 Å². The van der Waals surface area contributed by atoms with Crippen LogP contribution in [0, 0.1) is 0 Å². The van der Waals surface area contributed by atoms with Crippen molar-refractivity contribution < 1.29 is 13.9 Å². The molecule has 12 heavy (non-hydrogen) atoms. The van der Waals surface area contributed by atoms with Crippen molar-refractivity contribution >= 4 is 5.97 Å². The van der Waals surface area contributed by atoms with Gasteiger partial charge in [0.2, 0.25) is 0 Å². The molecule has 0 aliphatic rings. The third kappa shape index (κ3) is 7.51. The Kier molecular flexibility index (Phi) is 8.07. The van der Waals surface area contributed by atoms with E-state index < -0.39 is 0 Å². The molecular weight excluding hydrogens is 159 g/mol. The Morgan fingerprint density at radius 3 is 2.50 bits per heavy atom. The van der Waals surface area contributed by atoms with E-state index in [-0.39, 0.29) is 12.6 Å². The summed E-state index contributed by atoms with van der Waals surface area (Å²) < 4.78 is 16.4. The van der Waals surface area contributed by atoms with Crippen LogP contribution in [0.3, 0.4) is 0 Å². The summed E-state index contributed by atoms with van der Waals surface area (Å²) in [5, 5.41) is 0. The minimum absolute atomic E-state index is 0.152. The number of carbonyl (C=O) groups is 1. The Hall–Kier alpha value is -0.600. The highest BCUT2D eigenvalue weighted by molar-refractivity contribution is 5.68. The number of ether oxygens (including phenoxy) is 1. The summed E-state index contributed by atoms with van der Waals surface area (Å²) in [6.45, 7) is 2.01. The summed E-state index contributed by atoms with van der Waals surface area (Å²) >= 11 is 0. The molecule has 0 aromatic rings. The fourth-order valence-corrected chi connectivity index (χ4v) is 0.838. The van der Waals surface area contributed by atoms with Gasteiger partial charge in [-0.15, -0.1) is 0 Å². The van der Waals surface area contributed by atoms with Crippen LogP contribution in [0.4, 0.5) is 4.39 Å². The fraction of sp³-hybridized carbons (Fsp3) is 0.889. The van der Waals surface area contributed by atoms with Crippen molar-refractivity contribution in [1.29, 1.82) is 0 Å². The van der Waals surface area contributed by atoms with Gasteiger partial charge in [-0.25, -0.2) is 0 Å². The highest BCUT2D eigenvalue weighted by Crippen LogP contribution is 2.00. The predicted octanol–water partition coefficient (Wildman–Crippen LogP) is 2.47. The van der Waals surface area contributed by atoms with Gasteiger partial charge in [0.15, 0.2) is 0 Å². The summed E-state index contributed by atoms with van der Waals surface area (Å²) in [6.07, 6.45) is 3.75. The van der Waals surface area contributed by atoms with E-state index in [1.807, 2.05) is 0 Å². The molecule has 2 nitrogen and oxygen atoms in total. The van der Waals surface area contributed by atoms with Gasteiger partial charge in [0, 0.05) is 6.42 Å². The van der Waals surface area contributed by atoms with Gasteiger partial charge in [0.25, 0.3) is 0 Å². The number of carbonyl (C=O) groups excluding carboxylic acids is 1. The van der Waals surface area contributed by atoms with Crippen LogP contribution in [-0.4, -0.2) is 19.3 Å². The average molecular weight is 176 g/mol. The lowest BCUT2D eigenvalue weighted by atomic mass is 10.2. The third-order valence-corrected chi connectivity index (χ3v) is 1.58. The monoisotopic (exact) mass is 176 g/mol.